The van der Waals surface area contributed by atoms with Gasteiger partial charge in [0.05, 0.1) is 24.9 Å². The standard InChI is InChI=1S/C41H58O5/c1-4-6-8-9-10-11-12-13-14-16-32-44-38-25-23-36(24-26-38)35-19-21-37(22-20-35)41(42)46-40-29-27-39(28-30-40)45-33-17-18-34(3)43-31-15-7-5-2/h19-30,34H,4-18,31-33H2,1-3H3. The van der Waals surface area contributed by atoms with Crippen molar-refractivity contribution < 1.29 is 23.7 Å². The fourth-order valence-corrected chi connectivity index (χ4v) is 5.37. The highest BCUT2D eigenvalue weighted by Crippen LogP contribution is 2.24. The summed E-state index contributed by atoms with van der Waals surface area (Å²) in [6, 6.07) is 22.9. The summed E-state index contributed by atoms with van der Waals surface area (Å²) < 4.78 is 23.3. The van der Waals surface area contributed by atoms with Crippen molar-refractivity contribution in [2.24, 2.45) is 0 Å². The van der Waals surface area contributed by atoms with Crippen molar-refractivity contribution in [3.63, 3.8) is 0 Å². The van der Waals surface area contributed by atoms with Crippen molar-refractivity contribution in [2.45, 2.75) is 123 Å². The van der Waals surface area contributed by atoms with Gasteiger partial charge in [-0.1, -0.05) is 109 Å². The van der Waals surface area contributed by atoms with Gasteiger partial charge in [-0.3, -0.25) is 0 Å². The summed E-state index contributed by atoms with van der Waals surface area (Å²) in [5.41, 5.74) is 2.62. The summed E-state index contributed by atoms with van der Waals surface area (Å²) in [6.07, 6.45) is 18.9. The summed E-state index contributed by atoms with van der Waals surface area (Å²) in [6.45, 7) is 8.82. The van der Waals surface area contributed by atoms with Crippen LogP contribution >= 0.6 is 0 Å². The molecule has 46 heavy (non-hydrogen) atoms. The van der Waals surface area contributed by atoms with Crippen LogP contribution in [0.4, 0.5) is 0 Å². The van der Waals surface area contributed by atoms with Crippen LogP contribution in [0.1, 0.15) is 127 Å². The average molecular weight is 631 g/mol. The lowest BCUT2D eigenvalue weighted by Gasteiger charge is -2.13. The number of benzene rings is 3. The predicted octanol–water partition coefficient (Wildman–Crippen LogP) is 11.6. The first-order valence-electron chi connectivity index (χ1n) is 18.0. The summed E-state index contributed by atoms with van der Waals surface area (Å²) in [5, 5.41) is 0. The molecular weight excluding hydrogens is 572 g/mol. The molecule has 0 radical (unpaired) electrons. The zero-order valence-corrected chi connectivity index (χ0v) is 28.8. The van der Waals surface area contributed by atoms with Crippen molar-refractivity contribution in [1.82, 2.24) is 0 Å². The molecule has 0 fully saturated rings. The molecular formula is C41H58O5. The number of ether oxygens (including phenoxy) is 4. The molecule has 0 aliphatic carbocycles. The maximum atomic E-state index is 12.7. The van der Waals surface area contributed by atoms with Gasteiger partial charge < -0.3 is 18.9 Å². The number of hydrogen-bond donors (Lipinski definition) is 0. The highest BCUT2D eigenvalue weighted by molar-refractivity contribution is 5.91. The Morgan fingerprint density at radius 2 is 0.957 bits per heavy atom. The fraction of sp³-hybridized carbons (Fsp3) is 0.537. The minimum Gasteiger partial charge on any atom is -0.494 e. The van der Waals surface area contributed by atoms with E-state index in [-0.39, 0.29) is 12.1 Å². The number of hydrogen-bond acceptors (Lipinski definition) is 5. The number of carbonyl (C=O) groups excluding carboxylic acids is 1. The Hall–Kier alpha value is -3.31. The first kappa shape index (κ1) is 37.2. The number of rotatable bonds is 25. The van der Waals surface area contributed by atoms with Crippen LogP contribution in [-0.2, 0) is 4.74 Å². The maximum Gasteiger partial charge on any atom is 0.343 e. The van der Waals surface area contributed by atoms with Crippen LogP contribution in [0.2, 0.25) is 0 Å². The lowest BCUT2D eigenvalue weighted by atomic mass is 10.0. The third-order valence-corrected chi connectivity index (χ3v) is 8.28. The van der Waals surface area contributed by atoms with E-state index in [1.165, 1.54) is 70.6 Å². The number of esters is 1. The Balaban J connectivity index is 1.31. The molecule has 0 amide bonds. The van der Waals surface area contributed by atoms with Crippen molar-refractivity contribution >= 4 is 5.97 Å². The molecule has 252 valence electrons. The second kappa shape index (κ2) is 23.1. The van der Waals surface area contributed by atoms with E-state index < -0.39 is 0 Å². The maximum absolute atomic E-state index is 12.7. The quantitative estimate of drug-likeness (QED) is 0.0529. The lowest BCUT2D eigenvalue weighted by molar-refractivity contribution is 0.0537. The molecule has 0 saturated heterocycles. The van der Waals surface area contributed by atoms with Gasteiger partial charge in [0, 0.05) is 6.61 Å². The first-order chi connectivity index (χ1) is 22.6. The third-order valence-electron chi connectivity index (χ3n) is 8.28. The van der Waals surface area contributed by atoms with Crippen molar-refractivity contribution in [3.05, 3.63) is 78.4 Å². The minimum atomic E-state index is -0.385. The summed E-state index contributed by atoms with van der Waals surface area (Å²) in [7, 11) is 0. The van der Waals surface area contributed by atoms with Gasteiger partial charge in [0.15, 0.2) is 0 Å². The van der Waals surface area contributed by atoms with E-state index in [2.05, 4.69) is 32.9 Å². The lowest BCUT2D eigenvalue weighted by Crippen LogP contribution is -2.11. The molecule has 0 aliphatic rings. The molecule has 3 aromatic rings. The number of unbranched alkanes of at least 4 members (excludes halogenated alkanes) is 11. The van der Waals surface area contributed by atoms with Crippen LogP contribution in [0.25, 0.3) is 11.1 Å². The van der Waals surface area contributed by atoms with Gasteiger partial charge in [-0.15, -0.1) is 0 Å². The van der Waals surface area contributed by atoms with Crippen LogP contribution in [0.5, 0.6) is 17.2 Å². The Bertz CT molecular complexity index is 1190. The molecule has 3 rings (SSSR count). The van der Waals surface area contributed by atoms with E-state index in [0.29, 0.717) is 17.9 Å². The van der Waals surface area contributed by atoms with Crippen molar-refractivity contribution in [1.29, 1.82) is 0 Å². The molecule has 1 unspecified atom stereocenters. The Labute approximate surface area is 279 Å². The third kappa shape index (κ3) is 15.3. The summed E-state index contributed by atoms with van der Waals surface area (Å²) in [4.78, 5) is 12.7. The van der Waals surface area contributed by atoms with Gasteiger partial charge in [-0.2, -0.15) is 0 Å². The normalized spacial score (nSPS) is 11.7. The molecule has 0 aromatic heterocycles. The monoisotopic (exact) mass is 630 g/mol. The molecule has 0 aliphatic heterocycles. The van der Waals surface area contributed by atoms with Gasteiger partial charge in [-0.05, 0) is 92.3 Å². The van der Waals surface area contributed by atoms with Crippen LogP contribution in [0, 0.1) is 0 Å². The predicted molar refractivity (Wildman–Crippen MR) is 190 cm³/mol. The molecule has 0 spiro atoms. The highest BCUT2D eigenvalue weighted by atomic mass is 16.5. The van der Waals surface area contributed by atoms with E-state index in [9.17, 15) is 4.79 Å². The average Bonchev–Trinajstić information content (AvgIpc) is 3.08. The van der Waals surface area contributed by atoms with Crippen LogP contribution in [0.15, 0.2) is 72.8 Å². The highest BCUT2D eigenvalue weighted by Gasteiger charge is 2.10. The molecule has 5 nitrogen and oxygen atoms in total. The van der Waals surface area contributed by atoms with Gasteiger partial charge in [0.25, 0.3) is 0 Å². The molecule has 0 bridgehead atoms. The smallest absolute Gasteiger partial charge is 0.343 e. The largest absolute Gasteiger partial charge is 0.494 e. The van der Waals surface area contributed by atoms with Gasteiger partial charge >= 0.3 is 5.97 Å². The Morgan fingerprint density at radius 3 is 1.54 bits per heavy atom. The fourth-order valence-electron chi connectivity index (χ4n) is 5.37. The van der Waals surface area contributed by atoms with Gasteiger partial charge in [0.2, 0.25) is 0 Å². The van der Waals surface area contributed by atoms with Gasteiger partial charge in [-0.25, -0.2) is 4.79 Å². The SMILES string of the molecule is CCCCCCCCCCCCOc1ccc(-c2ccc(C(=O)Oc3ccc(OCCCC(C)OCCCCC)cc3)cc2)cc1. The van der Waals surface area contributed by atoms with Crippen LogP contribution < -0.4 is 14.2 Å². The molecule has 0 heterocycles. The number of carbonyl (C=O) groups is 1. The van der Waals surface area contributed by atoms with Gasteiger partial charge in [0.1, 0.15) is 17.2 Å². The van der Waals surface area contributed by atoms with E-state index >= 15 is 0 Å². The van der Waals surface area contributed by atoms with E-state index in [4.69, 9.17) is 18.9 Å². The molecule has 5 heteroatoms. The Kier molecular flexibility index (Phi) is 18.6. The Morgan fingerprint density at radius 1 is 0.522 bits per heavy atom. The summed E-state index contributed by atoms with van der Waals surface area (Å²) in [5.74, 6) is 1.76. The first-order valence-corrected chi connectivity index (χ1v) is 18.0. The molecule has 0 N–H and O–H groups in total. The second-order valence-electron chi connectivity index (χ2n) is 12.4. The van der Waals surface area contributed by atoms with E-state index in [1.807, 2.05) is 36.4 Å². The molecule has 3 aromatic carbocycles. The van der Waals surface area contributed by atoms with E-state index in [0.717, 1.165) is 61.5 Å². The molecule has 0 saturated carbocycles. The zero-order chi connectivity index (χ0) is 32.7. The van der Waals surface area contributed by atoms with E-state index in [1.54, 1.807) is 24.3 Å². The van der Waals surface area contributed by atoms with Crippen molar-refractivity contribution in [2.75, 3.05) is 19.8 Å². The topological polar surface area (TPSA) is 54.0 Å². The van der Waals surface area contributed by atoms with Crippen molar-refractivity contribution in [3.8, 4) is 28.4 Å². The molecule has 1 atom stereocenters. The minimum absolute atomic E-state index is 0.250. The van der Waals surface area contributed by atoms with Crippen LogP contribution in [-0.4, -0.2) is 31.9 Å². The van der Waals surface area contributed by atoms with Crippen LogP contribution in [0.3, 0.4) is 0 Å². The summed E-state index contributed by atoms with van der Waals surface area (Å²) >= 11 is 0. The zero-order valence-electron chi connectivity index (χ0n) is 28.8. The second-order valence-corrected chi connectivity index (χ2v) is 12.4.